The summed E-state index contributed by atoms with van der Waals surface area (Å²) < 4.78 is 60.9. The Balaban J connectivity index is 1.31. The van der Waals surface area contributed by atoms with Crippen LogP contribution in [0.2, 0.25) is 0 Å². The van der Waals surface area contributed by atoms with E-state index in [1.54, 1.807) is 0 Å². The number of pyridine rings is 1. The minimum absolute atomic E-state index is 0.000918. The molecule has 182 valence electrons. The van der Waals surface area contributed by atoms with E-state index in [0.717, 1.165) is 19.3 Å². The van der Waals surface area contributed by atoms with E-state index >= 15 is 4.39 Å². The number of nitrogens with one attached hydrogen (secondary N) is 1. The topological polar surface area (TPSA) is 107 Å². The van der Waals surface area contributed by atoms with E-state index in [9.17, 15) is 13.4 Å². The molecule has 35 heavy (non-hydrogen) atoms. The van der Waals surface area contributed by atoms with Gasteiger partial charge in [-0.25, -0.2) is 22.8 Å². The Kier molecular flexibility index (Phi) is 5.20. The lowest BCUT2D eigenvalue weighted by Crippen LogP contribution is -2.57. The maximum Gasteiger partial charge on any atom is 0.416 e. The number of hydrogen-bond acceptors (Lipinski definition) is 7. The molecule has 3 heterocycles. The summed E-state index contributed by atoms with van der Waals surface area (Å²) in [6.45, 7) is -0.118. The Morgan fingerprint density at radius 1 is 1.23 bits per heavy atom. The summed E-state index contributed by atoms with van der Waals surface area (Å²) in [4.78, 5) is 22.3. The molecule has 1 aromatic carbocycles. The van der Waals surface area contributed by atoms with Crippen LogP contribution in [-0.4, -0.2) is 30.4 Å². The number of ether oxygens (including phenoxy) is 2. The first kappa shape index (κ1) is 22.0. The second-order valence-corrected chi connectivity index (χ2v) is 10.2. The van der Waals surface area contributed by atoms with E-state index in [1.165, 1.54) is 41.8 Å². The molecule has 2 fully saturated rings. The molecule has 1 unspecified atom stereocenters. The molecule has 2 aromatic heterocycles. The van der Waals surface area contributed by atoms with Crippen LogP contribution < -0.4 is 14.2 Å². The highest BCUT2D eigenvalue weighted by Gasteiger charge is 2.52. The molecule has 12 heteroatoms. The van der Waals surface area contributed by atoms with Crippen molar-refractivity contribution in [1.82, 2.24) is 14.9 Å². The lowest BCUT2D eigenvalue weighted by Gasteiger charge is -2.52. The number of fused-ring (bicyclic) bond motifs is 2. The summed E-state index contributed by atoms with van der Waals surface area (Å²) in [5.41, 5.74) is -0.165. The van der Waals surface area contributed by atoms with Gasteiger partial charge in [0.25, 0.3) is 0 Å². The van der Waals surface area contributed by atoms with Crippen molar-refractivity contribution in [3.63, 3.8) is 0 Å². The third-order valence-electron chi connectivity index (χ3n) is 6.58. The average molecular weight is 502 g/mol. The number of anilines is 1. The fraction of sp³-hybridized carbons (Fsp3) is 0.348. The summed E-state index contributed by atoms with van der Waals surface area (Å²) in [5, 5.41) is -0.000918. The predicted octanol–water partition coefficient (Wildman–Crippen LogP) is 4.77. The monoisotopic (exact) mass is 502 g/mol. The molecule has 0 saturated heterocycles. The van der Waals surface area contributed by atoms with Crippen molar-refractivity contribution in [3.05, 3.63) is 59.6 Å². The molecular formula is C23H20F2N4O5S. The number of benzene rings is 1. The van der Waals surface area contributed by atoms with E-state index < -0.39 is 34.3 Å². The molecule has 1 amide bonds. The molecule has 0 radical (unpaired) electrons. The molecule has 6 rings (SSSR count). The summed E-state index contributed by atoms with van der Waals surface area (Å²) in [5.74, 6) is -1.50. The average Bonchev–Trinajstić information content (AvgIpc) is 3.54. The molecule has 2 saturated carbocycles. The van der Waals surface area contributed by atoms with Crippen molar-refractivity contribution in [1.29, 1.82) is 0 Å². The lowest BCUT2D eigenvalue weighted by molar-refractivity contribution is 0.000783. The van der Waals surface area contributed by atoms with Crippen molar-refractivity contribution in [2.45, 2.75) is 49.4 Å². The van der Waals surface area contributed by atoms with E-state index in [0.29, 0.717) is 18.4 Å². The summed E-state index contributed by atoms with van der Waals surface area (Å²) >= 11 is 0. The molecule has 1 aliphatic heterocycles. The van der Waals surface area contributed by atoms with Gasteiger partial charge in [0.05, 0.1) is 23.5 Å². The van der Waals surface area contributed by atoms with Crippen LogP contribution in [0.4, 0.5) is 19.4 Å². The SMILES string of the molecule is O=C1Oc2cc(Oc3ncco3)c(F)cc2C2(CCC2)N1Cc1ccnc(NS(=O)C2CC2)c1F. The van der Waals surface area contributed by atoms with Crippen LogP contribution in [0.5, 0.6) is 17.6 Å². The third-order valence-corrected chi connectivity index (χ3v) is 8.05. The Morgan fingerprint density at radius 3 is 2.74 bits per heavy atom. The number of hydrogen-bond donors (Lipinski definition) is 1. The van der Waals surface area contributed by atoms with Gasteiger partial charge in [0.15, 0.2) is 23.2 Å². The summed E-state index contributed by atoms with van der Waals surface area (Å²) in [7, 11) is -1.42. The van der Waals surface area contributed by atoms with Crippen LogP contribution in [0.25, 0.3) is 0 Å². The Labute approximate surface area is 201 Å². The first-order chi connectivity index (χ1) is 16.9. The number of aromatic nitrogens is 2. The van der Waals surface area contributed by atoms with Gasteiger partial charge in [0.1, 0.15) is 23.0 Å². The number of oxazole rings is 1. The second-order valence-electron chi connectivity index (χ2n) is 8.75. The van der Waals surface area contributed by atoms with Crippen molar-refractivity contribution in [2.24, 2.45) is 0 Å². The maximum absolute atomic E-state index is 15.2. The highest BCUT2D eigenvalue weighted by atomic mass is 32.2. The number of carbonyl (C=O) groups is 1. The molecule has 1 N–H and O–H groups in total. The molecular weight excluding hydrogens is 482 g/mol. The minimum atomic E-state index is -1.42. The Hall–Kier alpha value is -3.54. The number of halogens is 2. The zero-order valence-electron chi connectivity index (χ0n) is 18.3. The maximum atomic E-state index is 15.2. The van der Waals surface area contributed by atoms with Gasteiger partial charge in [-0.05, 0) is 44.2 Å². The van der Waals surface area contributed by atoms with Gasteiger partial charge in [0.2, 0.25) is 0 Å². The molecule has 3 aliphatic rings. The number of rotatable bonds is 7. The zero-order valence-corrected chi connectivity index (χ0v) is 19.1. The molecule has 0 bridgehead atoms. The van der Waals surface area contributed by atoms with Crippen LogP contribution in [-0.2, 0) is 23.1 Å². The lowest BCUT2D eigenvalue weighted by atomic mass is 9.69. The Bertz CT molecular complexity index is 1330. The first-order valence-electron chi connectivity index (χ1n) is 11.2. The molecule has 2 aliphatic carbocycles. The van der Waals surface area contributed by atoms with E-state index in [-0.39, 0.29) is 40.8 Å². The van der Waals surface area contributed by atoms with Gasteiger partial charge in [-0.3, -0.25) is 9.62 Å². The first-order valence-corrected chi connectivity index (χ1v) is 12.4. The molecule has 9 nitrogen and oxygen atoms in total. The van der Waals surface area contributed by atoms with Gasteiger partial charge in [0, 0.05) is 23.4 Å². The fourth-order valence-corrected chi connectivity index (χ4v) is 5.52. The predicted molar refractivity (Wildman–Crippen MR) is 119 cm³/mol. The minimum Gasteiger partial charge on any atom is -0.417 e. The van der Waals surface area contributed by atoms with Gasteiger partial charge < -0.3 is 13.9 Å². The zero-order chi connectivity index (χ0) is 24.2. The van der Waals surface area contributed by atoms with Crippen molar-refractivity contribution >= 4 is 22.9 Å². The summed E-state index contributed by atoms with van der Waals surface area (Å²) in [6, 6.07) is 4.04. The van der Waals surface area contributed by atoms with E-state index in [4.69, 9.17) is 13.9 Å². The van der Waals surface area contributed by atoms with Crippen LogP contribution in [0.1, 0.15) is 43.2 Å². The number of amides is 1. The van der Waals surface area contributed by atoms with E-state index in [1.807, 2.05) is 0 Å². The normalized spacial score (nSPS) is 19.0. The number of carbonyl (C=O) groups excluding carboxylic acids is 1. The smallest absolute Gasteiger partial charge is 0.416 e. The van der Waals surface area contributed by atoms with Crippen LogP contribution in [0, 0.1) is 11.6 Å². The molecule has 1 spiro atoms. The van der Waals surface area contributed by atoms with Crippen LogP contribution in [0.15, 0.2) is 41.3 Å². The van der Waals surface area contributed by atoms with Crippen molar-refractivity contribution in [2.75, 3.05) is 4.72 Å². The van der Waals surface area contributed by atoms with Gasteiger partial charge in [-0.1, -0.05) is 0 Å². The highest BCUT2D eigenvalue weighted by molar-refractivity contribution is 7.87. The third kappa shape index (κ3) is 3.81. The standard InChI is InChI=1S/C23H20F2N4O5S/c24-16-10-15-17(11-18(16)33-21-27-8-9-32-21)34-22(30)29(23(15)5-1-6-23)12-13-4-7-26-20(19(13)25)28-35(31)14-2-3-14/h4,7-11,14H,1-3,5-6,12H2,(H,26,28). The van der Waals surface area contributed by atoms with Gasteiger partial charge in [-0.15, -0.1) is 0 Å². The van der Waals surface area contributed by atoms with Crippen molar-refractivity contribution in [3.8, 4) is 17.6 Å². The largest absolute Gasteiger partial charge is 0.417 e. The molecule has 3 aromatic rings. The highest BCUT2D eigenvalue weighted by Crippen LogP contribution is 2.54. The fourth-order valence-electron chi connectivity index (χ4n) is 4.46. The van der Waals surface area contributed by atoms with Crippen LogP contribution >= 0.6 is 0 Å². The van der Waals surface area contributed by atoms with E-state index in [2.05, 4.69) is 14.7 Å². The van der Waals surface area contributed by atoms with Crippen molar-refractivity contribution < 1.29 is 31.7 Å². The summed E-state index contributed by atoms with van der Waals surface area (Å²) in [6.07, 6.45) is 6.80. The number of nitrogens with zero attached hydrogens (tertiary/aromatic N) is 3. The van der Waals surface area contributed by atoms with Gasteiger partial charge >= 0.3 is 12.2 Å². The second kappa shape index (κ2) is 8.29. The van der Waals surface area contributed by atoms with Gasteiger partial charge in [-0.2, -0.15) is 4.98 Å². The molecule has 1 atom stereocenters. The Morgan fingerprint density at radius 2 is 2.06 bits per heavy atom. The quantitative estimate of drug-likeness (QED) is 0.496. The van der Waals surface area contributed by atoms with Crippen LogP contribution in [0.3, 0.4) is 0 Å².